The third-order valence-corrected chi connectivity index (χ3v) is 4.61. The van der Waals surface area contributed by atoms with Crippen LogP contribution >= 0.6 is 11.6 Å². The molecule has 30 heavy (non-hydrogen) atoms. The van der Waals surface area contributed by atoms with Crippen LogP contribution in [0.5, 0.6) is 5.75 Å². The fourth-order valence-corrected chi connectivity index (χ4v) is 3.12. The summed E-state index contributed by atoms with van der Waals surface area (Å²) in [5.74, 6) is -0.816. The fourth-order valence-electron chi connectivity index (χ4n) is 2.95. The predicted molar refractivity (Wildman–Crippen MR) is 110 cm³/mol. The molecule has 0 saturated carbocycles. The molecule has 1 aromatic carbocycles. The molecule has 0 spiro atoms. The Kier molecular flexibility index (Phi) is 7.08. The van der Waals surface area contributed by atoms with Gasteiger partial charge in [0.1, 0.15) is 18.1 Å². The first kappa shape index (κ1) is 21.4. The standard InChI is InChI=1S/C20H21ClN4O5/c21-13-5-6-16-14(11-13)19(28)23-7-2-9-25(12-18(27)22-8-10-30-16)20(29)15-3-1-4-17(26)24-15/h1,3-6,11H,2,7-10,12H2,(H,22,27)(H,23,28)(H,24,26). The van der Waals surface area contributed by atoms with Gasteiger partial charge in [0.2, 0.25) is 11.5 Å². The molecule has 0 saturated heterocycles. The van der Waals surface area contributed by atoms with Crippen LogP contribution in [0.15, 0.2) is 41.2 Å². The maximum Gasteiger partial charge on any atom is 0.270 e. The molecule has 2 aromatic rings. The molecule has 1 aromatic heterocycles. The second-order valence-corrected chi connectivity index (χ2v) is 7.04. The highest BCUT2D eigenvalue weighted by atomic mass is 35.5. The van der Waals surface area contributed by atoms with Gasteiger partial charge >= 0.3 is 0 Å². The van der Waals surface area contributed by atoms with Crippen molar-refractivity contribution in [2.24, 2.45) is 0 Å². The molecular formula is C20H21ClN4O5. The van der Waals surface area contributed by atoms with Gasteiger partial charge in [0, 0.05) is 24.2 Å². The molecule has 10 heteroatoms. The number of aromatic amines is 1. The average molecular weight is 433 g/mol. The smallest absolute Gasteiger partial charge is 0.270 e. The van der Waals surface area contributed by atoms with E-state index in [2.05, 4.69) is 15.6 Å². The zero-order valence-electron chi connectivity index (χ0n) is 16.1. The van der Waals surface area contributed by atoms with Gasteiger partial charge in [-0.2, -0.15) is 0 Å². The quantitative estimate of drug-likeness (QED) is 0.615. The molecule has 3 N–H and O–H groups in total. The second-order valence-electron chi connectivity index (χ2n) is 6.60. The summed E-state index contributed by atoms with van der Waals surface area (Å²) < 4.78 is 5.61. The summed E-state index contributed by atoms with van der Waals surface area (Å²) in [5, 5.41) is 5.85. The topological polar surface area (TPSA) is 121 Å². The molecule has 3 amide bonds. The van der Waals surface area contributed by atoms with Crippen molar-refractivity contribution in [1.29, 1.82) is 0 Å². The predicted octanol–water partition coefficient (Wildman–Crippen LogP) is 0.799. The molecule has 0 radical (unpaired) electrons. The lowest BCUT2D eigenvalue weighted by atomic mass is 10.2. The fraction of sp³-hybridized carbons (Fsp3) is 0.300. The third-order valence-electron chi connectivity index (χ3n) is 4.38. The summed E-state index contributed by atoms with van der Waals surface area (Å²) in [6.07, 6.45) is 0.401. The lowest BCUT2D eigenvalue weighted by Crippen LogP contribution is -2.43. The summed E-state index contributed by atoms with van der Waals surface area (Å²) >= 11 is 6.00. The van der Waals surface area contributed by atoms with E-state index in [9.17, 15) is 19.2 Å². The second kappa shape index (κ2) is 9.93. The van der Waals surface area contributed by atoms with Crippen molar-refractivity contribution in [2.45, 2.75) is 6.42 Å². The number of amides is 3. The molecule has 0 bridgehead atoms. The lowest BCUT2D eigenvalue weighted by Gasteiger charge is -2.23. The van der Waals surface area contributed by atoms with Gasteiger partial charge in [0.05, 0.1) is 18.7 Å². The highest BCUT2D eigenvalue weighted by molar-refractivity contribution is 6.31. The maximum atomic E-state index is 12.8. The number of benzene rings is 1. The van der Waals surface area contributed by atoms with E-state index in [1.807, 2.05) is 0 Å². The zero-order chi connectivity index (χ0) is 21.5. The van der Waals surface area contributed by atoms with Crippen LogP contribution < -0.4 is 20.9 Å². The van der Waals surface area contributed by atoms with Crippen molar-refractivity contribution in [1.82, 2.24) is 20.5 Å². The first-order valence-corrected chi connectivity index (χ1v) is 9.78. The van der Waals surface area contributed by atoms with E-state index in [1.54, 1.807) is 12.1 Å². The minimum Gasteiger partial charge on any atom is -0.491 e. The Labute approximate surface area is 177 Å². The summed E-state index contributed by atoms with van der Waals surface area (Å²) in [4.78, 5) is 52.8. The van der Waals surface area contributed by atoms with Crippen LogP contribution in [0.1, 0.15) is 27.3 Å². The number of rotatable bonds is 1. The molecule has 3 rings (SSSR count). The number of ether oxygens (including phenoxy) is 1. The van der Waals surface area contributed by atoms with E-state index in [1.165, 1.54) is 29.2 Å². The van der Waals surface area contributed by atoms with Crippen LogP contribution in [0.4, 0.5) is 0 Å². The van der Waals surface area contributed by atoms with E-state index in [-0.39, 0.29) is 50.3 Å². The molecule has 9 nitrogen and oxygen atoms in total. The Hall–Kier alpha value is -3.33. The Morgan fingerprint density at radius 1 is 1.07 bits per heavy atom. The van der Waals surface area contributed by atoms with Crippen LogP contribution in [0.25, 0.3) is 0 Å². The highest BCUT2D eigenvalue weighted by Crippen LogP contribution is 2.23. The van der Waals surface area contributed by atoms with E-state index in [4.69, 9.17) is 16.3 Å². The van der Waals surface area contributed by atoms with Crippen molar-refractivity contribution in [3.8, 4) is 5.75 Å². The summed E-state index contributed by atoms with van der Waals surface area (Å²) in [6.45, 7) is 0.611. The van der Waals surface area contributed by atoms with Gasteiger partial charge in [0.15, 0.2) is 0 Å². The van der Waals surface area contributed by atoms with Crippen molar-refractivity contribution in [2.75, 3.05) is 32.8 Å². The number of carbonyl (C=O) groups is 3. The Balaban J connectivity index is 1.75. The molecule has 1 aliphatic rings. The minimum absolute atomic E-state index is 0.0901. The van der Waals surface area contributed by atoms with E-state index in [0.29, 0.717) is 22.8 Å². The lowest BCUT2D eigenvalue weighted by molar-refractivity contribution is -0.121. The van der Waals surface area contributed by atoms with Crippen molar-refractivity contribution in [3.05, 3.63) is 63.0 Å². The first-order chi connectivity index (χ1) is 14.4. The number of carbonyl (C=O) groups excluding carboxylic acids is 3. The zero-order valence-corrected chi connectivity index (χ0v) is 16.8. The Bertz CT molecular complexity index is 1010. The molecule has 0 unspecified atom stereocenters. The van der Waals surface area contributed by atoms with Crippen LogP contribution in [0.3, 0.4) is 0 Å². The number of hydrogen-bond donors (Lipinski definition) is 3. The average Bonchev–Trinajstić information content (AvgIpc) is 2.73. The normalized spacial score (nSPS) is 15.8. The molecule has 1 aliphatic heterocycles. The highest BCUT2D eigenvalue weighted by Gasteiger charge is 2.20. The number of fused-ring (bicyclic) bond motifs is 1. The molecule has 0 fully saturated rings. The van der Waals surface area contributed by atoms with Gasteiger partial charge in [-0.3, -0.25) is 19.2 Å². The van der Waals surface area contributed by atoms with Crippen LogP contribution in [-0.4, -0.2) is 60.4 Å². The number of H-pyrrole nitrogens is 1. The van der Waals surface area contributed by atoms with Crippen molar-refractivity contribution >= 4 is 29.3 Å². The van der Waals surface area contributed by atoms with Crippen LogP contribution in [0.2, 0.25) is 5.02 Å². The third kappa shape index (κ3) is 5.60. The van der Waals surface area contributed by atoms with Crippen molar-refractivity contribution in [3.63, 3.8) is 0 Å². The molecule has 0 atom stereocenters. The van der Waals surface area contributed by atoms with Crippen LogP contribution in [0, 0.1) is 0 Å². The summed E-state index contributed by atoms with van der Waals surface area (Å²) in [7, 11) is 0. The van der Waals surface area contributed by atoms with Gasteiger partial charge in [-0.05, 0) is 30.7 Å². The van der Waals surface area contributed by atoms with E-state index in [0.717, 1.165) is 0 Å². The number of aromatic nitrogens is 1. The maximum absolute atomic E-state index is 12.8. The van der Waals surface area contributed by atoms with Gasteiger partial charge in [-0.25, -0.2) is 0 Å². The Morgan fingerprint density at radius 2 is 1.90 bits per heavy atom. The van der Waals surface area contributed by atoms with Gasteiger partial charge < -0.3 is 25.3 Å². The number of pyridine rings is 1. The van der Waals surface area contributed by atoms with Crippen LogP contribution in [-0.2, 0) is 4.79 Å². The molecule has 2 heterocycles. The van der Waals surface area contributed by atoms with Crippen molar-refractivity contribution < 1.29 is 19.1 Å². The van der Waals surface area contributed by atoms with Gasteiger partial charge in [-0.1, -0.05) is 17.7 Å². The van der Waals surface area contributed by atoms with E-state index < -0.39 is 11.5 Å². The minimum atomic E-state index is -0.477. The number of nitrogens with zero attached hydrogens (tertiary/aromatic N) is 1. The SMILES string of the molecule is O=C1CN(C(=O)c2cccc(=O)[nH]2)CCCNC(=O)c2cc(Cl)ccc2OCCN1. The van der Waals surface area contributed by atoms with Gasteiger partial charge in [-0.15, -0.1) is 0 Å². The Morgan fingerprint density at radius 3 is 2.70 bits per heavy atom. The molecule has 0 aliphatic carbocycles. The first-order valence-electron chi connectivity index (χ1n) is 9.40. The summed E-state index contributed by atoms with van der Waals surface area (Å²) in [6, 6.07) is 8.97. The monoisotopic (exact) mass is 432 g/mol. The number of halogens is 1. The molecular weight excluding hydrogens is 412 g/mol. The van der Waals surface area contributed by atoms with E-state index >= 15 is 0 Å². The number of nitrogens with one attached hydrogen (secondary N) is 3. The molecule has 158 valence electrons. The number of hydrogen-bond acceptors (Lipinski definition) is 5. The van der Waals surface area contributed by atoms with Gasteiger partial charge in [0.25, 0.3) is 11.8 Å². The largest absolute Gasteiger partial charge is 0.491 e. The summed E-state index contributed by atoms with van der Waals surface area (Å²) in [5.41, 5.74) is -0.0258.